The van der Waals surface area contributed by atoms with Crippen molar-refractivity contribution in [2.75, 3.05) is 16.0 Å². The zero-order valence-corrected chi connectivity index (χ0v) is 18.9. The Labute approximate surface area is 191 Å². The molecule has 2 amide bonds. The summed E-state index contributed by atoms with van der Waals surface area (Å²) in [5, 5.41) is 2.66. The fraction of sp³-hybridized carbons (Fsp3) is 0.231. The van der Waals surface area contributed by atoms with Crippen LogP contribution in [0.15, 0.2) is 72.8 Å². The third-order valence-corrected chi connectivity index (χ3v) is 6.81. The van der Waals surface area contributed by atoms with E-state index in [1.165, 1.54) is 22.7 Å². The lowest BCUT2D eigenvalue weighted by Gasteiger charge is -2.25. The molecule has 2 atom stereocenters. The maximum absolute atomic E-state index is 14.6. The molecule has 3 aromatic rings. The smallest absolute Gasteiger partial charge is 0.238 e. The third-order valence-electron chi connectivity index (χ3n) is 5.60. The van der Waals surface area contributed by atoms with E-state index in [0.29, 0.717) is 12.1 Å². The van der Waals surface area contributed by atoms with Crippen LogP contribution in [0.2, 0.25) is 0 Å². The molecule has 0 bridgehead atoms. The average Bonchev–Trinajstić information content (AvgIpc) is 3.18. The van der Waals surface area contributed by atoms with Crippen LogP contribution in [-0.4, -0.2) is 17.6 Å². The van der Waals surface area contributed by atoms with Crippen LogP contribution >= 0.6 is 11.8 Å². The second kappa shape index (κ2) is 9.57. The molecule has 0 aromatic heterocycles. The number of nitrogens with one attached hydrogen (secondary N) is 1. The molecule has 164 valence electrons. The SMILES string of the molecule is CC[C@@H](C(=O)Nc1cccc([C@@H]2SCC(=O)N2c2cc(C)ccc2F)c1)c1ccccc1. The minimum Gasteiger partial charge on any atom is -0.326 e. The normalized spacial score (nSPS) is 16.8. The fourth-order valence-electron chi connectivity index (χ4n) is 4.00. The molecular weight excluding hydrogens is 423 g/mol. The highest BCUT2D eigenvalue weighted by molar-refractivity contribution is 8.00. The number of amides is 2. The first kappa shape index (κ1) is 22.1. The summed E-state index contributed by atoms with van der Waals surface area (Å²) in [7, 11) is 0. The van der Waals surface area contributed by atoms with Crippen LogP contribution in [0.1, 0.15) is 41.3 Å². The lowest BCUT2D eigenvalue weighted by molar-refractivity contribution is -0.118. The maximum atomic E-state index is 14.6. The number of thioether (sulfide) groups is 1. The lowest BCUT2D eigenvalue weighted by Crippen LogP contribution is -2.29. The highest BCUT2D eigenvalue weighted by Crippen LogP contribution is 2.43. The van der Waals surface area contributed by atoms with Crippen LogP contribution < -0.4 is 10.2 Å². The molecule has 1 aliphatic rings. The summed E-state index contributed by atoms with van der Waals surface area (Å²) in [6, 6.07) is 21.9. The van der Waals surface area contributed by atoms with Gasteiger partial charge in [-0.25, -0.2) is 4.39 Å². The number of rotatable bonds is 6. The predicted molar refractivity (Wildman–Crippen MR) is 128 cm³/mol. The summed E-state index contributed by atoms with van der Waals surface area (Å²) in [6.45, 7) is 3.86. The molecule has 4 rings (SSSR count). The molecule has 1 N–H and O–H groups in total. The Bertz CT molecular complexity index is 1140. The maximum Gasteiger partial charge on any atom is 0.238 e. The van der Waals surface area contributed by atoms with Gasteiger partial charge in [-0.2, -0.15) is 0 Å². The zero-order valence-electron chi connectivity index (χ0n) is 18.0. The predicted octanol–water partition coefficient (Wildman–Crippen LogP) is 6.05. The molecule has 0 spiro atoms. The second-order valence-corrected chi connectivity index (χ2v) is 8.94. The monoisotopic (exact) mass is 448 g/mol. The van der Waals surface area contributed by atoms with E-state index in [0.717, 1.165) is 16.7 Å². The van der Waals surface area contributed by atoms with Crippen molar-refractivity contribution in [1.29, 1.82) is 0 Å². The Morgan fingerprint density at radius 1 is 1.12 bits per heavy atom. The second-order valence-electron chi connectivity index (χ2n) is 7.87. The van der Waals surface area contributed by atoms with Crippen molar-refractivity contribution >= 4 is 35.0 Å². The van der Waals surface area contributed by atoms with Crippen molar-refractivity contribution in [2.24, 2.45) is 0 Å². The van der Waals surface area contributed by atoms with E-state index >= 15 is 0 Å². The topological polar surface area (TPSA) is 49.4 Å². The van der Waals surface area contributed by atoms with Crippen LogP contribution in [0, 0.1) is 12.7 Å². The van der Waals surface area contributed by atoms with Crippen molar-refractivity contribution in [3.63, 3.8) is 0 Å². The molecule has 32 heavy (non-hydrogen) atoms. The summed E-state index contributed by atoms with van der Waals surface area (Å²) in [5.74, 6) is -0.600. The molecule has 3 aromatic carbocycles. The largest absolute Gasteiger partial charge is 0.326 e. The summed E-state index contributed by atoms with van der Waals surface area (Å²) in [4.78, 5) is 27.1. The van der Waals surface area contributed by atoms with Gasteiger partial charge >= 0.3 is 0 Å². The van der Waals surface area contributed by atoms with Gasteiger partial charge in [-0.3, -0.25) is 14.5 Å². The molecule has 1 fully saturated rings. The first-order chi connectivity index (χ1) is 15.5. The summed E-state index contributed by atoms with van der Waals surface area (Å²) in [5.41, 5.74) is 3.65. The van der Waals surface area contributed by atoms with Crippen LogP contribution in [-0.2, 0) is 9.59 Å². The van der Waals surface area contributed by atoms with Gasteiger partial charge in [0.1, 0.15) is 11.2 Å². The van der Waals surface area contributed by atoms with Gasteiger partial charge in [0, 0.05) is 5.69 Å². The number of halogens is 1. The van der Waals surface area contributed by atoms with E-state index in [1.54, 1.807) is 12.1 Å². The Morgan fingerprint density at radius 2 is 1.91 bits per heavy atom. The van der Waals surface area contributed by atoms with Crippen molar-refractivity contribution in [1.82, 2.24) is 0 Å². The van der Waals surface area contributed by atoms with E-state index in [2.05, 4.69) is 5.32 Å². The minimum atomic E-state index is -0.422. The van der Waals surface area contributed by atoms with Crippen LogP contribution in [0.5, 0.6) is 0 Å². The quantitative estimate of drug-likeness (QED) is 0.500. The Balaban J connectivity index is 1.59. The Hall–Kier alpha value is -3.12. The molecule has 4 nitrogen and oxygen atoms in total. The van der Waals surface area contributed by atoms with E-state index < -0.39 is 5.82 Å². The van der Waals surface area contributed by atoms with Crippen molar-refractivity contribution in [3.8, 4) is 0 Å². The summed E-state index contributed by atoms with van der Waals surface area (Å²) < 4.78 is 14.6. The molecule has 0 radical (unpaired) electrons. The molecule has 1 heterocycles. The lowest BCUT2D eigenvalue weighted by atomic mass is 9.95. The number of hydrogen-bond donors (Lipinski definition) is 1. The van der Waals surface area contributed by atoms with Gasteiger partial charge in [-0.05, 0) is 54.3 Å². The molecule has 6 heteroatoms. The van der Waals surface area contributed by atoms with Gasteiger partial charge < -0.3 is 5.32 Å². The number of aryl methyl sites for hydroxylation is 1. The number of carbonyl (C=O) groups excluding carboxylic acids is 2. The number of hydrogen-bond acceptors (Lipinski definition) is 3. The molecule has 0 unspecified atom stereocenters. The summed E-state index contributed by atoms with van der Waals surface area (Å²) >= 11 is 1.45. The first-order valence-electron chi connectivity index (χ1n) is 10.6. The van der Waals surface area contributed by atoms with Crippen molar-refractivity contribution < 1.29 is 14.0 Å². The molecular formula is C26H25FN2O2S. The van der Waals surface area contributed by atoms with Crippen LogP contribution in [0.25, 0.3) is 0 Å². The standard InChI is InChI=1S/C26H25FN2O2S/c1-3-21(18-8-5-4-6-9-18)25(31)28-20-11-7-10-19(15-20)26-29(24(30)16-32-26)23-14-17(2)12-13-22(23)27/h4-15,21,26H,3,16H2,1-2H3,(H,28,31)/t21-,26+/m1/s1. The summed E-state index contributed by atoms with van der Waals surface area (Å²) in [6.07, 6.45) is 0.683. The van der Waals surface area contributed by atoms with Gasteiger partial charge in [0.25, 0.3) is 0 Å². The van der Waals surface area contributed by atoms with E-state index in [1.807, 2.05) is 68.4 Å². The average molecular weight is 449 g/mol. The molecule has 0 aliphatic carbocycles. The van der Waals surface area contributed by atoms with E-state index in [9.17, 15) is 14.0 Å². The number of nitrogens with zero attached hydrogens (tertiary/aromatic N) is 1. The Kier molecular flexibility index (Phi) is 6.61. The minimum absolute atomic E-state index is 0.0763. The highest BCUT2D eigenvalue weighted by Gasteiger charge is 2.35. The highest BCUT2D eigenvalue weighted by atomic mass is 32.2. The first-order valence-corrected chi connectivity index (χ1v) is 11.7. The van der Waals surface area contributed by atoms with Gasteiger partial charge in [0.15, 0.2) is 0 Å². The third kappa shape index (κ3) is 4.55. The van der Waals surface area contributed by atoms with E-state index in [4.69, 9.17) is 0 Å². The van der Waals surface area contributed by atoms with Gasteiger partial charge in [0.2, 0.25) is 11.8 Å². The van der Waals surface area contributed by atoms with Crippen molar-refractivity contribution in [3.05, 3.63) is 95.3 Å². The molecule has 0 saturated carbocycles. The van der Waals surface area contributed by atoms with E-state index in [-0.39, 0.29) is 34.5 Å². The zero-order chi connectivity index (χ0) is 22.7. The fourth-order valence-corrected chi connectivity index (χ4v) is 5.15. The van der Waals surface area contributed by atoms with Gasteiger partial charge in [0.05, 0.1) is 17.4 Å². The van der Waals surface area contributed by atoms with Crippen LogP contribution in [0.3, 0.4) is 0 Å². The van der Waals surface area contributed by atoms with Crippen LogP contribution in [0.4, 0.5) is 15.8 Å². The Morgan fingerprint density at radius 3 is 2.66 bits per heavy atom. The molecule has 1 saturated heterocycles. The van der Waals surface area contributed by atoms with Crippen molar-refractivity contribution in [2.45, 2.75) is 31.6 Å². The number of anilines is 2. The number of carbonyl (C=O) groups is 2. The van der Waals surface area contributed by atoms with Gasteiger partial charge in [-0.1, -0.05) is 55.5 Å². The van der Waals surface area contributed by atoms with Gasteiger partial charge in [-0.15, -0.1) is 11.8 Å². The number of benzene rings is 3. The molecule has 1 aliphatic heterocycles.